The predicted octanol–water partition coefficient (Wildman–Crippen LogP) is 4.75. The molecule has 0 bridgehead atoms. The van der Waals surface area contributed by atoms with Gasteiger partial charge in [-0.1, -0.05) is 56.3 Å². The lowest BCUT2D eigenvalue weighted by molar-refractivity contribution is 0.0981. The van der Waals surface area contributed by atoms with Crippen LogP contribution in [0, 0.1) is 12.3 Å². The van der Waals surface area contributed by atoms with Crippen LogP contribution in [-0.2, 0) is 16.4 Å². The summed E-state index contributed by atoms with van der Waals surface area (Å²) in [5.41, 5.74) is 6.89. The van der Waals surface area contributed by atoms with E-state index in [-0.39, 0.29) is 11.5 Å². The average molecular weight is 533 g/mol. The summed E-state index contributed by atoms with van der Waals surface area (Å²) in [6, 6.07) is 22.7. The molecule has 1 unspecified atom stereocenters. The fourth-order valence-electron chi connectivity index (χ4n) is 5.82. The number of benzene rings is 3. The molecule has 38 heavy (non-hydrogen) atoms. The summed E-state index contributed by atoms with van der Waals surface area (Å²) >= 11 is 0. The molecule has 0 aliphatic carbocycles. The third-order valence-corrected chi connectivity index (χ3v) is 8.25. The summed E-state index contributed by atoms with van der Waals surface area (Å²) in [6.45, 7) is 10.4. The molecule has 0 aromatic heterocycles. The fourth-order valence-corrected chi connectivity index (χ4v) is 6.27. The number of nitrogens with one attached hydrogen (secondary N) is 2. The number of rotatable bonds is 5. The van der Waals surface area contributed by atoms with E-state index in [1.54, 1.807) is 6.07 Å². The minimum absolute atomic E-state index is 0.0459. The van der Waals surface area contributed by atoms with Crippen molar-refractivity contribution in [2.45, 2.75) is 33.2 Å². The standard InChI is InChI=1S/C30H36N4O3S/c1-21-9-5-6-14-26(21)34-17-15-33(16-18-34)24-12-7-10-22(19-24)28-30(2,3)20-23-11-8-13-25(27(23)31-28)29(35)32-38(4,36)37/h5-14,19,28,31H,15-18,20H2,1-4H3,(H,32,35). The number of hydrogen-bond donors (Lipinski definition) is 2. The first-order chi connectivity index (χ1) is 18.0. The molecule has 7 nitrogen and oxygen atoms in total. The molecular formula is C30H36N4O3S. The van der Waals surface area contributed by atoms with Crippen LogP contribution in [0.3, 0.4) is 0 Å². The third kappa shape index (κ3) is 5.36. The van der Waals surface area contributed by atoms with Gasteiger partial charge in [-0.05, 0) is 59.7 Å². The van der Waals surface area contributed by atoms with Crippen LogP contribution in [0.25, 0.3) is 0 Å². The predicted molar refractivity (Wildman–Crippen MR) is 155 cm³/mol. The van der Waals surface area contributed by atoms with Gasteiger partial charge in [0.1, 0.15) is 0 Å². The number of nitrogens with zero attached hydrogens (tertiary/aromatic N) is 2. The summed E-state index contributed by atoms with van der Waals surface area (Å²) < 4.78 is 25.5. The molecule has 0 saturated carbocycles. The van der Waals surface area contributed by atoms with E-state index in [2.05, 4.69) is 89.1 Å². The number of sulfonamides is 1. The summed E-state index contributed by atoms with van der Waals surface area (Å²) in [4.78, 5) is 17.7. The minimum Gasteiger partial charge on any atom is -0.377 e. The van der Waals surface area contributed by atoms with Crippen LogP contribution in [0.15, 0.2) is 66.7 Å². The van der Waals surface area contributed by atoms with Crippen molar-refractivity contribution in [1.82, 2.24) is 4.72 Å². The number of fused-ring (bicyclic) bond motifs is 1. The van der Waals surface area contributed by atoms with Gasteiger partial charge in [-0.15, -0.1) is 0 Å². The van der Waals surface area contributed by atoms with Gasteiger partial charge in [-0.2, -0.15) is 0 Å². The van der Waals surface area contributed by atoms with Gasteiger partial charge in [0.15, 0.2) is 0 Å². The highest BCUT2D eigenvalue weighted by molar-refractivity contribution is 7.89. The van der Waals surface area contributed by atoms with Crippen molar-refractivity contribution in [3.05, 3.63) is 89.0 Å². The molecule has 1 fully saturated rings. The maximum atomic E-state index is 12.8. The second kappa shape index (κ2) is 9.98. The monoisotopic (exact) mass is 532 g/mol. The molecule has 5 rings (SSSR count). The van der Waals surface area contributed by atoms with Crippen molar-refractivity contribution >= 4 is 33.0 Å². The minimum atomic E-state index is -3.67. The van der Waals surface area contributed by atoms with E-state index in [1.165, 1.54) is 16.9 Å². The molecular weight excluding hydrogens is 496 g/mol. The molecule has 2 heterocycles. The van der Waals surface area contributed by atoms with Crippen LogP contribution in [0.1, 0.15) is 46.9 Å². The highest BCUT2D eigenvalue weighted by Gasteiger charge is 2.37. The topological polar surface area (TPSA) is 81.8 Å². The normalized spacial score (nSPS) is 18.9. The Morgan fingerprint density at radius 2 is 1.63 bits per heavy atom. The molecule has 8 heteroatoms. The number of hydrogen-bond acceptors (Lipinski definition) is 6. The summed E-state index contributed by atoms with van der Waals surface area (Å²) in [7, 11) is -3.67. The first-order valence-electron chi connectivity index (χ1n) is 13.1. The summed E-state index contributed by atoms with van der Waals surface area (Å²) in [5, 5.41) is 3.62. The van der Waals surface area contributed by atoms with E-state index in [0.717, 1.165) is 50.0 Å². The lowest BCUT2D eigenvalue weighted by atomic mass is 9.72. The molecule has 2 aliphatic rings. The lowest BCUT2D eigenvalue weighted by Crippen LogP contribution is -2.46. The van der Waals surface area contributed by atoms with Gasteiger partial charge < -0.3 is 15.1 Å². The summed E-state index contributed by atoms with van der Waals surface area (Å²) in [6.07, 6.45) is 1.76. The van der Waals surface area contributed by atoms with Gasteiger partial charge >= 0.3 is 0 Å². The van der Waals surface area contributed by atoms with Crippen molar-refractivity contribution in [2.24, 2.45) is 5.41 Å². The molecule has 2 N–H and O–H groups in total. The van der Waals surface area contributed by atoms with Crippen LogP contribution in [0.5, 0.6) is 0 Å². The second-order valence-corrected chi connectivity index (χ2v) is 12.9. The number of para-hydroxylation sites is 2. The smallest absolute Gasteiger partial charge is 0.266 e. The Morgan fingerprint density at radius 1 is 0.947 bits per heavy atom. The molecule has 0 radical (unpaired) electrons. The maximum absolute atomic E-state index is 12.8. The number of carbonyl (C=O) groups excluding carboxylic acids is 1. The Bertz CT molecular complexity index is 1460. The summed E-state index contributed by atoms with van der Waals surface area (Å²) in [5.74, 6) is -0.615. The zero-order valence-corrected chi connectivity index (χ0v) is 23.3. The molecule has 1 amide bonds. The maximum Gasteiger partial charge on any atom is 0.266 e. The molecule has 200 valence electrons. The Kier molecular flexibility index (Phi) is 6.86. The highest BCUT2D eigenvalue weighted by Crippen LogP contribution is 2.46. The van der Waals surface area contributed by atoms with Gasteiger partial charge in [-0.25, -0.2) is 13.1 Å². The zero-order chi connectivity index (χ0) is 27.1. The van der Waals surface area contributed by atoms with Crippen LogP contribution >= 0.6 is 0 Å². The molecule has 0 spiro atoms. The largest absolute Gasteiger partial charge is 0.377 e. The van der Waals surface area contributed by atoms with E-state index >= 15 is 0 Å². The molecule has 2 aliphatic heterocycles. The Labute approximate surface area is 225 Å². The number of anilines is 3. The van der Waals surface area contributed by atoms with Crippen LogP contribution in [0.2, 0.25) is 0 Å². The quantitative estimate of drug-likeness (QED) is 0.494. The van der Waals surface area contributed by atoms with Gasteiger partial charge in [0.2, 0.25) is 10.0 Å². The van der Waals surface area contributed by atoms with Gasteiger partial charge in [0.05, 0.1) is 23.5 Å². The first-order valence-corrected chi connectivity index (χ1v) is 15.0. The van der Waals surface area contributed by atoms with Gasteiger partial charge in [-0.3, -0.25) is 4.79 Å². The molecule has 3 aromatic carbocycles. The number of piperazine rings is 1. The van der Waals surface area contributed by atoms with E-state index in [9.17, 15) is 13.2 Å². The second-order valence-electron chi connectivity index (χ2n) is 11.1. The van der Waals surface area contributed by atoms with Crippen molar-refractivity contribution in [1.29, 1.82) is 0 Å². The van der Waals surface area contributed by atoms with Crippen LogP contribution in [-0.4, -0.2) is 46.8 Å². The molecule has 1 atom stereocenters. The van der Waals surface area contributed by atoms with Crippen molar-refractivity contribution in [3.8, 4) is 0 Å². The number of aryl methyl sites for hydroxylation is 1. The average Bonchev–Trinajstić information content (AvgIpc) is 2.87. The molecule has 1 saturated heterocycles. The van der Waals surface area contributed by atoms with Gasteiger partial charge in [0, 0.05) is 37.6 Å². The zero-order valence-electron chi connectivity index (χ0n) is 22.5. The highest BCUT2D eigenvalue weighted by atomic mass is 32.2. The van der Waals surface area contributed by atoms with Gasteiger partial charge in [0.25, 0.3) is 5.91 Å². The number of carbonyl (C=O) groups is 1. The Balaban J connectivity index is 1.38. The van der Waals surface area contributed by atoms with Crippen molar-refractivity contribution < 1.29 is 13.2 Å². The number of amides is 1. The fraction of sp³-hybridized carbons (Fsp3) is 0.367. The van der Waals surface area contributed by atoms with E-state index < -0.39 is 15.9 Å². The van der Waals surface area contributed by atoms with Crippen molar-refractivity contribution in [3.63, 3.8) is 0 Å². The van der Waals surface area contributed by atoms with Crippen LogP contribution in [0.4, 0.5) is 17.1 Å². The third-order valence-electron chi connectivity index (χ3n) is 7.69. The lowest BCUT2D eigenvalue weighted by Gasteiger charge is -2.42. The molecule has 3 aromatic rings. The SMILES string of the molecule is Cc1ccccc1N1CCN(c2cccc(C3Nc4c(cccc4C(=O)NS(C)(=O)=O)CC3(C)C)c2)CC1. The van der Waals surface area contributed by atoms with E-state index in [4.69, 9.17) is 0 Å². The Hall–Kier alpha value is -3.52. The van der Waals surface area contributed by atoms with E-state index in [1.807, 2.05) is 12.1 Å². The Morgan fingerprint density at radius 3 is 2.34 bits per heavy atom. The first kappa shape index (κ1) is 26.1. The van der Waals surface area contributed by atoms with E-state index in [0.29, 0.717) is 11.3 Å². The van der Waals surface area contributed by atoms with Crippen molar-refractivity contribution in [2.75, 3.05) is 47.6 Å². The van der Waals surface area contributed by atoms with Crippen LogP contribution < -0.4 is 19.8 Å².